The van der Waals surface area contributed by atoms with Crippen molar-refractivity contribution >= 4 is 29.5 Å². The summed E-state index contributed by atoms with van der Waals surface area (Å²) in [5, 5.41) is 0.563. The van der Waals surface area contributed by atoms with Gasteiger partial charge < -0.3 is 4.74 Å². The van der Waals surface area contributed by atoms with Crippen LogP contribution in [0.25, 0.3) is 0 Å². The van der Waals surface area contributed by atoms with E-state index in [0.29, 0.717) is 5.16 Å². The molecule has 7 heteroatoms. The SMILES string of the molecule is Cn1c(SCC(=O)OCc2ccccc2)nc2c(c1=O)SCC2. The highest BCUT2D eigenvalue weighted by atomic mass is 32.2. The average Bonchev–Trinajstić information content (AvgIpc) is 3.04. The van der Waals surface area contributed by atoms with Crippen LogP contribution in [0.4, 0.5) is 0 Å². The van der Waals surface area contributed by atoms with Crippen molar-refractivity contribution < 1.29 is 9.53 Å². The van der Waals surface area contributed by atoms with Gasteiger partial charge in [-0.15, -0.1) is 11.8 Å². The fraction of sp³-hybridized carbons (Fsp3) is 0.312. The summed E-state index contributed by atoms with van der Waals surface area (Å²) in [6.45, 7) is 0.257. The standard InChI is InChI=1S/C16H16N2O3S2/c1-18-15(20)14-12(7-8-22-14)17-16(18)23-10-13(19)21-9-11-5-3-2-4-6-11/h2-6H,7-10H2,1H3. The summed E-state index contributed by atoms with van der Waals surface area (Å²) in [6.07, 6.45) is 0.808. The molecular formula is C16H16N2O3S2. The minimum Gasteiger partial charge on any atom is -0.460 e. The van der Waals surface area contributed by atoms with Gasteiger partial charge in [0.2, 0.25) is 0 Å². The summed E-state index contributed by atoms with van der Waals surface area (Å²) in [7, 11) is 1.69. The van der Waals surface area contributed by atoms with Gasteiger partial charge in [0.15, 0.2) is 5.16 Å². The highest BCUT2D eigenvalue weighted by Crippen LogP contribution is 2.28. The van der Waals surface area contributed by atoms with Gasteiger partial charge in [-0.05, 0) is 5.56 Å². The van der Waals surface area contributed by atoms with E-state index in [1.807, 2.05) is 30.3 Å². The summed E-state index contributed by atoms with van der Waals surface area (Å²) >= 11 is 2.79. The van der Waals surface area contributed by atoms with Crippen molar-refractivity contribution in [1.82, 2.24) is 9.55 Å². The van der Waals surface area contributed by atoms with Crippen molar-refractivity contribution in [2.75, 3.05) is 11.5 Å². The number of benzene rings is 1. The van der Waals surface area contributed by atoms with E-state index in [-0.39, 0.29) is 23.9 Å². The maximum atomic E-state index is 12.2. The largest absolute Gasteiger partial charge is 0.460 e. The Morgan fingerprint density at radius 3 is 2.96 bits per heavy atom. The fourth-order valence-electron chi connectivity index (χ4n) is 2.20. The van der Waals surface area contributed by atoms with Crippen LogP contribution in [0.2, 0.25) is 0 Å². The normalized spacial score (nSPS) is 12.9. The van der Waals surface area contributed by atoms with Crippen molar-refractivity contribution in [3.63, 3.8) is 0 Å². The lowest BCUT2D eigenvalue weighted by atomic mass is 10.2. The van der Waals surface area contributed by atoms with Crippen LogP contribution in [0.15, 0.2) is 45.2 Å². The van der Waals surface area contributed by atoms with Gasteiger partial charge in [-0.25, -0.2) is 4.98 Å². The summed E-state index contributed by atoms with van der Waals surface area (Å²) in [5.74, 6) is 0.715. The number of fused-ring (bicyclic) bond motifs is 1. The number of hydrogen-bond donors (Lipinski definition) is 0. The lowest BCUT2D eigenvalue weighted by Gasteiger charge is -2.09. The van der Waals surface area contributed by atoms with Crippen LogP contribution in [-0.2, 0) is 29.6 Å². The van der Waals surface area contributed by atoms with Crippen molar-refractivity contribution in [3.8, 4) is 0 Å². The predicted molar refractivity (Wildman–Crippen MR) is 90.9 cm³/mol. The maximum absolute atomic E-state index is 12.2. The molecular weight excluding hydrogens is 332 g/mol. The molecule has 23 heavy (non-hydrogen) atoms. The molecule has 0 N–H and O–H groups in total. The van der Waals surface area contributed by atoms with Gasteiger partial charge in [-0.3, -0.25) is 14.2 Å². The molecule has 0 atom stereocenters. The topological polar surface area (TPSA) is 61.2 Å². The molecule has 0 saturated carbocycles. The minimum atomic E-state index is -0.317. The van der Waals surface area contributed by atoms with Crippen molar-refractivity contribution in [2.24, 2.45) is 7.05 Å². The first-order valence-corrected chi connectivity index (χ1v) is 9.17. The van der Waals surface area contributed by atoms with E-state index in [0.717, 1.165) is 28.3 Å². The van der Waals surface area contributed by atoms with E-state index in [9.17, 15) is 9.59 Å². The Bertz CT molecular complexity index is 775. The summed E-state index contributed by atoms with van der Waals surface area (Å²) in [6, 6.07) is 9.54. The number of aromatic nitrogens is 2. The Morgan fingerprint density at radius 1 is 1.39 bits per heavy atom. The second-order valence-electron chi connectivity index (χ2n) is 5.07. The molecule has 2 heterocycles. The molecule has 1 aliphatic rings. The molecule has 2 aromatic rings. The molecule has 0 fully saturated rings. The van der Waals surface area contributed by atoms with Crippen LogP contribution in [0.5, 0.6) is 0 Å². The van der Waals surface area contributed by atoms with E-state index in [1.54, 1.807) is 18.8 Å². The number of carbonyl (C=O) groups excluding carboxylic acids is 1. The zero-order chi connectivity index (χ0) is 16.2. The zero-order valence-corrected chi connectivity index (χ0v) is 14.3. The second-order valence-corrected chi connectivity index (χ2v) is 7.12. The predicted octanol–water partition coefficient (Wildman–Crippen LogP) is 2.26. The van der Waals surface area contributed by atoms with Gasteiger partial charge in [-0.2, -0.15) is 0 Å². The van der Waals surface area contributed by atoms with Crippen molar-refractivity contribution in [2.45, 2.75) is 23.1 Å². The van der Waals surface area contributed by atoms with Crippen molar-refractivity contribution in [3.05, 3.63) is 51.9 Å². The molecule has 0 spiro atoms. The smallest absolute Gasteiger partial charge is 0.316 e. The third-order valence-electron chi connectivity index (χ3n) is 3.43. The summed E-state index contributed by atoms with van der Waals surface area (Å²) < 4.78 is 6.74. The Balaban J connectivity index is 1.59. The maximum Gasteiger partial charge on any atom is 0.316 e. The minimum absolute atomic E-state index is 0.0300. The van der Waals surface area contributed by atoms with Gasteiger partial charge in [0.25, 0.3) is 5.56 Å². The van der Waals surface area contributed by atoms with Gasteiger partial charge in [0.05, 0.1) is 16.3 Å². The number of carbonyl (C=O) groups is 1. The van der Waals surface area contributed by atoms with Crippen LogP contribution in [0.1, 0.15) is 11.3 Å². The molecule has 0 aliphatic carbocycles. The molecule has 5 nitrogen and oxygen atoms in total. The van der Waals surface area contributed by atoms with Crippen LogP contribution in [0.3, 0.4) is 0 Å². The van der Waals surface area contributed by atoms with Gasteiger partial charge in [0, 0.05) is 19.2 Å². The van der Waals surface area contributed by atoms with Crippen LogP contribution in [-0.4, -0.2) is 27.0 Å². The quantitative estimate of drug-likeness (QED) is 0.469. The number of rotatable bonds is 5. The average molecular weight is 348 g/mol. The molecule has 1 aliphatic heterocycles. The molecule has 0 unspecified atom stereocenters. The Morgan fingerprint density at radius 2 is 2.17 bits per heavy atom. The molecule has 0 amide bonds. The van der Waals surface area contributed by atoms with Crippen LogP contribution < -0.4 is 5.56 Å². The number of thioether (sulfide) groups is 2. The van der Waals surface area contributed by atoms with Crippen LogP contribution in [0, 0.1) is 0 Å². The lowest BCUT2D eigenvalue weighted by Crippen LogP contribution is -2.22. The highest BCUT2D eigenvalue weighted by Gasteiger charge is 2.20. The number of esters is 1. The number of nitrogens with zero attached hydrogens (tertiary/aromatic N) is 2. The third-order valence-corrected chi connectivity index (χ3v) is 5.54. The van der Waals surface area contributed by atoms with Crippen molar-refractivity contribution in [1.29, 1.82) is 0 Å². The van der Waals surface area contributed by atoms with E-state index in [1.165, 1.54) is 16.3 Å². The number of ether oxygens (including phenoxy) is 1. The van der Waals surface area contributed by atoms with Gasteiger partial charge in [0.1, 0.15) is 6.61 Å². The Kier molecular flexibility index (Phi) is 5.07. The molecule has 0 bridgehead atoms. The molecule has 0 saturated heterocycles. The number of aryl methyl sites for hydroxylation is 1. The summed E-state index contributed by atoms with van der Waals surface area (Å²) in [4.78, 5) is 29.3. The Labute approximate surface area is 142 Å². The molecule has 0 radical (unpaired) electrons. The van der Waals surface area contributed by atoms with E-state index in [4.69, 9.17) is 4.74 Å². The fourth-order valence-corrected chi connectivity index (χ4v) is 4.06. The monoisotopic (exact) mass is 348 g/mol. The van der Waals surface area contributed by atoms with Gasteiger partial charge >= 0.3 is 5.97 Å². The summed E-state index contributed by atoms with van der Waals surface area (Å²) in [5.41, 5.74) is 1.77. The molecule has 1 aromatic carbocycles. The first-order valence-electron chi connectivity index (χ1n) is 7.20. The van der Waals surface area contributed by atoms with Crippen LogP contribution >= 0.6 is 23.5 Å². The third kappa shape index (κ3) is 3.79. The lowest BCUT2D eigenvalue weighted by molar-refractivity contribution is -0.141. The molecule has 3 rings (SSSR count). The number of hydrogen-bond acceptors (Lipinski definition) is 6. The van der Waals surface area contributed by atoms with E-state index in [2.05, 4.69) is 4.98 Å². The highest BCUT2D eigenvalue weighted by molar-refractivity contribution is 8.00. The molecule has 120 valence electrons. The second kappa shape index (κ2) is 7.23. The van der Waals surface area contributed by atoms with E-state index >= 15 is 0 Å². The first-order chi connectivity index (χ1) is 11.1. The Hall–Kier alpha value is -1.73. The molecule has 1 aromatic heterocycles. The van der Waals surface area contributed by atoms with Gasteiger partial charge in [-0.1, -0.05) is 42.1 Å². The van der Waals surface area contributed by atoms with E-state index < -0.39 is 0 Å². The first kappa shape index (κ1) is 16.1. The zero-order valence-electron chi connectivity index (χ0n) is 12.7.